The molecule has 2 aliphatic rings. The van der Waals surface area contributed by atoms with Crippen LogP contribution in [0.5, 0.6) is 0 Å². The number of ketones is 2. The van der Waals surface area contributed by atoms with Crippen LogP contribution in [0.15, 0.2) is 36.0 Å². The summed E-state index contributed by atoms with van der Waals surface area (Å²) >= 11 is 0. The summed E-state index contributed by atoms with van der Waals surface area (Å²) in [7, 11) is 0. The third-order valence-corrected chi connectivity index (χ3v) is 4.14. The maximum absolute atomic E-state index is 12.4. The summed E-state index contributed by atoms with van der Waals surface area (Å²) in [5.74, 6) is 4.73. The minimum Gasteiger partial charge on any atom is -0.289 e. The number of nitrogens with zero attached hydrogens (tertiary/aromatic N) is 1. The molecule has 1 aromatic rings. The predicted molar refractivity (Wildman–Crippen MR) is 76.2 cm³/mol. The second-order valence-corrected chi connectivity index (χ2v) is 5.46. The lowest BCUT2D eigenvalue weighted by atomic mass is 9.92. The van der Waals surface area contributed by atoms with Gasteiger partial charge >= 0.3 is 0 Å². The Labute approximate surface area is 122 Å². The van der Waals surface area contributed by atoms with Gasteiger partial charge in [0, 0.05) is 23.1 Å². The second kappa shape index (κ2) is 5.26. The first-order valence-electron chi connectivity index (χ1n) is 7.08. The number of carbonyl (C=O) groups excluding carboxylic acids is 3. The first-order valence-corrected chi connectivity index (χ1v) is 7.08. The van der Waals surface area contributed by atoms with E-state index in [0.29, 0.717) is 11.1 Å². The number of carbonyl (C=O) groups is 3. The Balaban J connectivity index is 1.91. The molecular weight excluding hydrogens is 268 g/mol. The maximum atomic E-state index is 12.4. The Morgan fingerprint density at radius 3 is 2.38 bits per heavy atom. The summed E-state index contributed by atoms with van der Waals surface area (Å²) < 4.78 is 0. The van der Waals surface area contributed by atoms with Gasteiger partial charge in [-0.25, -0.2) is 10.9 Å². The van der Waals surface area contributed by atoms with Gasteiger partial charge in [-0.1, -0.05) is 37.1 Å². The van der Waals surface area contributed by atoms with E-state index in [2.05, 4.69) is 0 Å². The third kappa shape index (κ3) is 2.29. The molecule has 0 aliphatic heterocycles. The highest BCUT2D eigenvalue weighted by molar-refractivity contribution is 6.25. The van der Waals surface area contributed by atoms with E-state index >= 15 is 0 Å². The van der Waals surface area contributed by atoms with E-state index in [-0.39, 0.29) is 29.1 Å². The van der Waals surface area contributed by atoms with Gasteiger partial charge in [-0.2, -0.15) is 0 Å². The van der Waals surface area contributed by atoms with Crippen LogP contribution < -0.4 is 5.84 Å². The lowest BCUT2D eigenvalue weighted by Crippen LogP contribution is -2.43. The van der Waals surface area contributed by atoms with Crippen LogP contribution in [0.1, 0.15) is 46.4 Å². The number of benzene rings is 1. The first-order chi connectivity index (χ1) is 10.1. The molecular formula is C16H16N2O3. The maximum Gasteiger partial charge on any atom is 0.244 e. The van der Waals surface area contributed by atoms with Gasteiger partial charge in [0.05, 0.1) is 0 Å². The highest BCUT2D eigenvalue weighted by atomic mass is 16.2. The third-order valence-electron chi connectivity index (χ3n) is 4.14. The van der Waals surface area contributed by atoms with Gasteiger partial charge in [-0.05, 0) is 12.8 Å². The topological polar surface area (TPSA) is 80.5 Å². The van der Waals surface area contributed by atoms with E-state index in [1.165, 1.54) is 0 Å². The number of fused-ring (bicyclic) bond motifs is 1. The van der Waals surface area contributed by atoms with E-state index in [1.54, 1.807) is 24.3 Å². The quantitative estimate of drug-likeness (QED) is 0.510. The van der Waals surface area contributed by atoms with Crippen LogP contribution in [0.25, 0.3) is 0 Å². The fraction of sp³-hybridized carbons (Fsp3) is 0.312. The largest absolute Gasteiger partial charge is 0.289 e. The summed E-state index contributed by atoms with van der Waals surface area (Å²) in [5.41, 5.74) is 0.623. The van der Waals surface area contributed by atoms with E-state index in [0.717, 1.165) is 36.8 Å². The second-order valence-electron chi connectivity index (χ2n) is 5.46. The Bertz CT molecular complexity index is 657. The molecule has 1 aromatic carbocycles. The lowest BCUT2D eigenvalue weighted by Gasteiger charge is -2.24. The minimum atomic E-state index is -0.376. The van der Waals surface area contributed by atoms with Crippen LogP contribution in [-0.4, -0.2) is 22.5 Å². The van der Waals surface area contributed by atoms with Crippen LogP contribution in [-0.2, 0) is 4.79 Å². The molecule has 0 atom stereocenters. The molecule has 0 bridgehead atoms. The van der Waals surface area contributed by atoms with Crippen LogP contribution >= 0.6 is 0 Å². The highest BCUT2D eigenvalue weighted by Crippen LogP contribution is 2.28. The van der Waals surface area contributed by atoms with Gasteiger partial charge in [-0.3, -0.25) is 14.4 Å². The van der Waals surface area contributed by atoms with Gasteiger partial charge < -0.3 is 0 Å². The number of Topliss-reactive ketones (excluding diaryl/α,β-unsaturated/α-hetero) is 1. The molecule has 108 valence electrons. The average Bonchev–Trinajstić information content (AvgIpc) is 3.04. The number of allylic oxidation sites excluding steroid dienone is 2. The molecule has 3 rings (SSSR count). The molecule has 0 aromatic heterocycles. The molecule has 1 amide bonds. The number of rotatable bonds is 2. The predicted octanol–water partition coefficient (Wildman–Crippen LogP) is 1.84. The number of amides is 1. The van der Waals surface area contributed by atoms with Crippen molar-refractivity contribution < 1.29 is 14.4 Å². The molecule has 1 fully saturated rings. The molecule has 0 heterocycles. The summed E-state index contributed by atoms with van der Waals surface area (Å²) in [6.45, 7) is 0. The molecule has 1 saturated carbocycles. The molecule has 0 spiro atoms. The van der Waals surface area contributed by atoms with Gasteiger partial charge in [0.15, 0.2) is 5.78 Å². The number of hydrazine groups is 1. The van der Waals surface area contributed by atoms with Crippen molar-refractivity contribution in [3.63, 3.8) is 0 Å². The Hall–Kier alpha value is -2.27. The molecule has 5 nitrogen and oxygen atoms in total. The lowest BCUT2D eigenvalue weighted by molar-refractivity contribution is -0.133. The van der Waals surface area contributed by atoms with E-state index in [4.69, 9.17) is 5.84 Å². The number of hydrogen-bond acceptors (Lipinski definition) is 4. The molecule has 21 heavy (non-hydrogen) atoms. The zero-order valence-electron chi connectivity index (χ0n) is 11.5. The summed E-state index contributed by atoms with van der Waals surface area (Å²) in [5, 5.41) is 0.867. The van der Waals surface area contributed by atoms with Crippen molar-refractivity contribution in [2.24, 2.45) is 11.8 Å². The fourth-order valence-corrected chi connectivity index (χ4v) is 2.97. The SMILES string of the molecule is NN(C(=O)C1CCCC1)C1=CC(=O)c2ccccc2C1=O. The molecule has 2 N–H and O–H groups in total. The standard InChI is InChI=1S/C16H16N2O3/c17-18(16(21)10-5-1-2-6-10)13-9-14(19)11-7-3-4-8-12(11)15(13)20/h3-4,7-10H,1-2,5-6,17H2. The van der Waals surface area contributed by atoms with Gasteiger partial charge in [0.2, 0.25) is 11.7 Å². The number of hydrogen-bond donors (Lipinski definition) is 1. The normalized spacial score (nSPS) is 18.4. The minimum absolute atomic E-state index is 0.0319. The Kier molecular flexibility index (Phi) is 3.43. The van der Waals surface area contributed by atoms with E-state index < -0.39 is 0 Å². The summed E-state index contributed by atoms with van der Waals surface area (Å²) in [6, 6.07) is 6.57. The summed E-state index contributed by atoms with van der Waals surface area (Å²) in [4.78, 5) is 36.8. The van der Waals surface area contributed by atoms with Crippen LogP contribution in [0.2, 0.25) is 0 Å². The summed E-state index contributed by atoms with van der Waals surface area (Å²) in [6.07, 6.45) is 4.74. The van der Waals surface area contributed by atoms with Crippen molar-refractivity contribution in [3.05, 3.63) is 47.2 Å². The van der Waals surface area contributed by atoms with Crippen LogP contribution in [0, 0.1) is 5.92 Å². The van der Waals surface area contributed by atoms with Crippen molar-refractivity contribution in [2.45, 2.75) is 25.7 Å². The van der Waals surface area contributed by atoms with Crippen LogP contribution in [0.4, 0.5) is 0 Å². The fourth-order valence-electron chi connectivity index (χ4n) is 2.97. The van der Waals surface area contributed by atoms with E-state index in [1.807, 2.05) is 0 Å². The average molecular weight is 284 g/mol. The molecule has 0 unspecified atom stereocenters. The zero-order valence-corrected chi connectivity index (χ0v) is 11.5. The van der Waals surface area contributed by atoms with E-state index in [9.17, 15) is 14.4 Å². The van der Waals surface area contributed by atoms with Gasteiger partial charge in [0.25, 0.3) is 0 Å². The van der Waals surface area contributed by atoms with Crippen molar-refractivity contribution in [1.29, 1.82) is 0 Å². The monoisotopic (exact) mass is 284 g/mol. The van der Waals surface area contributed by atoms with Gasteiger partial charge in [0.1, 0.15) is 5.70 Å². The molecule has 5 heteroatoms. The van der Waals surface area contributed by atoms with Crippen molar-refractivity contribution >= 4 is 17.5 Å². The van der Waals surface area contributed by atoms with Crippen molar-refractivity contribution in [3.8, 4) is 0 Å². The Morgan fingerprint density at radius 1 is 1.10 bits per heavy atom. The zero-order chi connectivity index (χ0) is 15.0. The smallest absolute Gasteiger partial charge is 0.244 e. The molecule has 0 radical (unpaired) electrons. The molecule has 0 saturated heterocycles. The van der Waals surface area contributed by atoms with Crippen molar-refractivity contribution in [1.82, 2.24) is 5.01 Å². The van der Waals surface area contributed by atoms with Crippen LogP contribution in [0.3, 0.4) is 0 Å². The van der Waals surface area contributed by atoms with Gasteiger partial charge in [-0.15, -0.1) is 0 Å². The van der Waals surface area contributed by atoms with Crippen molar-refractivity contribution in [2.75, 3.05) is 0 Å². The number of nitrogens with two attached hydrogens (primary N) is 1. The molecule has 2 aliphatic carbocycles. The highest BCUT2D eigenvalue weighted by Gasteiger charge is 2.33. The Morgan fingerprint density at radius 2 is 1.71 bits per heavy atom. The first kappa shape index (κ1) is 13.7.